The maximum Gasteiger partial charge on any atom is 0.240 e. The first kappa shape index (κ1) is 16.7. The Kier molecular flexibility index (Phi) is 4.85. The largest absolute Gasteiger partial charge is 0.301 e. The van der Waals surface area contributed by atoms with E-state index in [-0.39, 0.29) is 5.91 Å². The third kappa shape index (κ3) is 3.77. The van der Waals surface area contributed by atoms with E-state index < -0.39 is 0 Å². The molecular weight excluding hydrogens is 374 g/mol. The van der Waals surface area contributed by atoms with Crippen LogP contribution in [0.1, 0.15) is 10.4 Å². The van der Waals surface area contributed by atoms with Crippen LogP contribution < -0.4 is 5.32 Å². The van der Waals surface area contributed by atoms with Crippen LogP contribution in [0.25, 0.3) is 11.3 Å². The minimum atomic E-state index is -0.0289. The van der Waals surface area contributed by atoms with E-state index in [9.17, 15) is 4.79 Å². The summed E-state index contributed by atoms with van der Waals surface area (Å²) in [5.74, 6) is -0.0289. The average molecular weight is 390 g/mol. The van der Waals surface area contributed by atoms with Gasteiger partial charge in [-0.3, -0.25) is 9.69 Å². The van der Waals surface area contributed by atoms with Crippen molar-refractivity contribution in [3.63, 3.8) is 0 Å². The van der Waals surface area contributed by atoms with Crippen LogP contribution in [-0.2, 0) is 17.8 Å². The summed E-state index contributed by atoms with van der Waals surface area (Å²) in [5, 5.41) is 8.20. The molecule has 3 heterocycles. The van der Waals surface area contributed by atoms with Crippen LogP contribution in [0.2, 0.25) is 5.02 Å². The smallest absolute Gasteiger partial charge is 0.240 e. The Morgan fingerprint density at radius 3 is 3.04 bits per heavy atom. The predicted molar refractivity (Wildman–Crippen MR) is 104 cm³/mol. The number of rotatable bonds is 4. The van der Waals surface area contributed by atoms with Gasteiger partial charge in [0.25, 0.3) is 0 Å². The van der Waals surface area contributed by atoms with Gasteiger partial charge in [-0.15, -0.1) is 22.7 Å². The highest BCUT2D eigenvalue weighted by Crippen LogP contribution is 2.30. The molecule has 7 heteroatoms. The molecule has 0 bridgehead atoms. The van der Waals surface area contributed by atoms with Crippen molar-refractivity contribution in [2.24, 2.45) is 0 Å². The normalized spacial score (nSPS) is 14.3. The van der Waals surface area contributed by atoms with E-state index in [0.29, 0.717) is 16.7 Å². The third-order valence-electron chi connectivity index (χ3n) is 4.15. The zero-order chi connectivity index (χ0) is 17.2. The Morgan fingerprint density at radius 2 is 2.16 bits per heavy atom. The van der Waals surface area contributed by atoms with Crippen molar-refractivity contribution in [3.05, 3.63) is 56.6 Å². The van der Waals surface area contributed by atoms with Crippen LogP contribution >= 0.6 is 34.3 Å². The molecule has 0 saturated heterocycles. The van der Waals surface area contributed by atoms with Gasteiger partial charge >= 0.3 is 0 Å². The number of nitrogens with zero attached hydrogens (tertiary/aromatic N) is 2. The van der Waals surface area contributed by atoms with E-state index in [4.69, 9.17) is 11.6 Å². The molecular formula is C18H16ClN3OS2. The second-order valence-electron chi connectivity index (χ2n) is 5.90. The van der Waals surface area contributed by atoms with E-state index in [1.54, 1.807) is 11.3 Å². The number of nitrogens with one attached hydrogen (secondary N) is 1. The van der Waals surface area contributed by atoms with Crippen LogP contribution in [0.5, 0.6) is 0 Å². The standard InChI is InChI=1S/C18H16ClN3OS2/c19-14-4-2-1-3-13(14)15-11-25-18(20-15)21-17(23)10-22-7-5-16-12(9-22)6-8-24-16/h1-4,6,8,11H,5,7,9-10H2,(H,20,21,23). The lowest BCUT2D eigenvalue weighted by molar-refractivity contribution is -0.117. The highest BCUT2D eigenvalue weighted by molar-refractivity contribution is 7.14. The molecule has 128 valence electrons. The zero-order valence-corrected chi connectivity index (χ0v) is 15.8. The molecule has 0 atom stereocenters. The molecule has 0 unspecified atom stereocenters. The number of carbonyl (C=O) groups is 1. The predicted octanol–water partition coefficient (Wildman–Crippen LogP) is 4.52. The number of fused-ring (bicyclic) bond motifs is 1. The SMILES string of the molecule is O=C(CN1CCc2sccc2C1)Nc1nc(-c2ccccc2Cl)cs1. The van der Waals surface area contributed by atoms with Gasteiger partial charge in [0.2, 0.25) is 5.91 Å². The number of hydrogen-bond acceptors (Lipinski definition) is 5. The summed E-state index contributed by atoms with van der Waals surface area (Å²) in [4.78, 5) is 20.4. The first-order valence-electron chi connectivity index (χ1n) is 7.97. The second kappa shape index (κ2) is 7.25. The number of anilines is 1. The molecule has 0 saturated carbocycles. The summed E-state index contributed by atoms with van der Waals surface area (Å²) in [6.45, 7) is 2.15. The van der Waals surface area contributed by atoms with E-state index in [2.05, 4.69) is 26.6 Å². The van der Waals surface area contributed by atoms with Gasteiger partial charge in [0.05, 0.1) is 12.2 Å². The molecule has 0 aliphatic carbocycles. The van der Waals surface area contributed by atoms with Crippen LogP contribution in [0.4, 0.5) is 5.13 Å². The maximum absolute atomic E-state index is 12.3. The second-order valence-corrected chi connectivity index (χ2v) is 8.16. The van der Waals surface area contributed by atoms with E-state index in [1.807, 2.05) is 29.6 Å². The number of carbonyl (C=O) groups excluding carboxylic acids is 1. The van der Waals surface area contributed by atoms with E-state index in [0.717, 1.165) is 30.8 Å². The Balaban J connectivity index is 1.38. The van der Waals surface area contributed by atoms with Gasteiger partial charge in [0.15, 0.2) is 5.13 Å². The molecule has 1 aliphatic rings. The molecule has 1 aliphatic heterocycles. The Morgan fingerprint density at radius 1 is 1.28 bits per heavy atom. The molecule has 4 nitrogen and oxygen atoms in total. The molecule has 4 rings (SSSR count). The number of hydrogen-bond donors (Lipinski definition) is 1. The molecule has 2 aromatic heterocycles. The van der Waals surface area contributed by atoms with Crippen LogP contribution in [0.15, 0.2) is 41.1 Å². The zero-order valence-electron chi connectivity index (χ0n) is 13.4. The number of thiophene rings is 1. The molecule has 25 heavy (non-hydrogen) atoms. The third-order valence-corrected chi connectivity index (χ3v) is 6.26. The molecule has 3 aromatic rings. The summed E-state index contributed by atoms with van der Waals surface area (Å²) in [6, 6.07) is 9.73. The van der Waals surface area contributed by atoms with Gasteiger partial charge < -0.3 is 5.32 Å². The van der Waals surface area contributed by atoms with Gasteiger partial charge in [0, 0.05) is 33.9 Å². The summed E-state index contributed by atoms with van der Waals surface area (Å²) >= 11 is 9.43. The summed E-state index contributed by atoms with van der Waals surface area (Å²) in [7, 11) is 0. The van der Waals surface area contributed by atoms with Gasteiger partial charge in [-0.25, -0.2) is 4.98 Å². The Hall–Kier alpha value is -1.73. The van der Waals surface area contributed by atoms with Crippen molar-refractivity contribution in [3.8, 4) is 11.3 Å². The van der Waals surface area contributed by atoms with Gasteiger partial charge in [-0.05, 0) is 29.5 Å². The van der Waals surface area contributed by atoms with Crippen molar-refractivity contribution in [1.82, 2.24) is 9.88 Å². The minimum absolute atomic E-state index is 0.0289. The number of benzene rings is 1. The molecule has 0 radical (unpaired) electrons. The van der Waals surface area contributed by atoms with Gasteiger partial charge in [-0.1, -0.05) is 29.8 Å². The van der Waals surface area contributed by atoms with Crippen molar-refractivity contribution in [2.45, 2.75) is 13.0 Å². The monoisotopic (exact) mass is 389 g/mol. The van der Waals surface area contributed by atoms with Crippen LogP contribution in [-0.4, -0.2) is 28.9 Å². The lowest BCUT2D eigenvalue weighted by Crippen LogP contribution is -2.36. The Bertz CT molecular complexity index is 905. The highest BCUT2D eigenvalue weighted by atomic mass is 35.5. The van der Waals surface area contributed by atoms with Crippen molar-refractivity contribution in [2.75, 3.05) is 18.4 Å². The first-order valence-corrected chi connectivity index (χ1v) is 10.1. The number of aromatic nitrogens is 1. The van der Waals surface area contributed by atoms with Crippen LogP contribution in [0.3, 0.4) is 0 Å². The number of halogens is 1. The molecule has 0 spiro atoms. The lowest BCUT2D eigenvalue weighted by Gasteiger charge is -2.25. The Labute approximate surface area is 159 Å². The summed E-state index contributed by atoms with van der Waals surface area (Å²) < 4.78 is 0. The topological polar surface area (TPSA) is 45.2 Å². The minimum Gasteiger partial charge on any atom is -0.301 e. The van der Waals surface area contributed by atoms with Gasteiger partial charge in [-0.2, -0.15) is 0 Å². The molecule has 0 fully saturated rings. The van der Waals surface area contributed by atoms with E-state index in [1.165, 1.54) is 21.8 Å². The summed E-state index contributed by atoms with van der Waals surface area (Å²) in [5.41, 5.74) is 3.01. The average Bonchev–Trinajstić information content (AvgIpc) is 3.24. The molecule has 1 amide bonds. The molecule has 1 aromatic carbocycles. The van der Waals surface area contributed by atoms with Gasteiger partial charge in [0.1, 0.15) is 0 Å². The molecule has 1 N–H and O–H groups in total. The fourth-order valence-corrected chi connectivity index (χ4v) is 4.78. The first-order chi connectivity index (χ1) is 12.2. The van der Waals surface area contributed by atoms with Crippen LogP contribution in [0, 0.1) is 0 Å². The quantitative estimate of drug-likeness (QED) is 0.713. The van der Waals surface area contributed by atoms with Crippen molar-refractivity contribution in [1.29, 1.82) is 0 Å². The highest BCUT2D eigenvalue weighted by Gasteiger charge is 2.19. The fourth-order valence-electron chi connectivity index (χ4n) is 2.93. The number of thiazole rings is 1. The van der Waals surface area contributed by atoms with Crippen molar-refractivity contribution >= 4 is 45.3 Å². The maximum atomic E-state index is 12.3. The van der Waals surface area contributed by atoms with Crippen molar-refractivity contribution < 1.29 is 4.79 Å². The summed E-state index contributed by atoms with van der Waals surface area (Å²) in [6.07, 6.45) is 1.02. The lowest BCUT2D eigenvalue weighted by atomic mass is 10.1. The fraction of sp³-hybridized carbons (Fsp3) is 0.222. The van der Waals surface area contributed by atoms with E-state index >= 15 is 0 Å². The number of amides is 1.